The number of hydrogen-bond donors (Lipinski definition) is 1. The van der Waals surface area contributed by atoms with Gasteiger partial charge in [0.2, 0.25) is 0 Å². The average Bonchev–Trinajstić information content (AvgIpc) is 3.20. The fraction of sp³-hybridized carbons (Fsp3) is 0.381. The van der Waals surface area contributed by atoms with E-state index >= 15 is 0 Å². The van der Waals surface area contributed by atoms with Gasteiger partial charge in [0.25, 0.3) is 17.7 Å². The minimum Gasteiger partial charge on any atom is -0.449 e. The number of carbonyl (C=O) groups is 4. The van der Waals surface area contributed by atoms with Crippen molar-refractivity contribution in [1.29, 1.82) is 0 Å². The number of fused-ring (bicyclic) bond motifs is 1. The predicted octanol–water partition coefficient (Wildman–Crippen LogP) is 2.81. The van der Waals surface area contributed by atoms with Crippen LogP contribution in [0, 0.1) is 12.8 Å². The molecule has 30 heavy (non-hydrogen) atoms. The van der Waals surface area contributed by atoms with Gasteiger partial charge in [-0.1, -0.05) is 19.0 Å². The van der Waals surface area contributed by atoms with E-state index in [0.29, 0.717) is 24.6 Å². The first-order valence-corrected chi connectivity index (χ1v) is 9.62. The highest BCUT2D eigenvalue weighted by Gasteiger charge is 2.36. The van der Waals surface area contributed by atoms with E-state index in [1.165, 1.54) is 36.1 Å². The van der Waals surface area contributed by atoms with Gasteiger partial charge < -0.3 is 14.6 Å². The second-order valence-corrected chi connectivity index (χ2v) is 7.56. The van der Waals surface area contributed by atoms with Gasteiger partial charge in [0.15, 0.2) is 11.9 Å². The summed E-state index contributed by atoms with van der Waals surface area (Å²) >= 11 is 0. The SMILES string of the molecule is Cc1cc(NC(=O)[C@@H](C)OC(=O)c2ccc3c(c2)C(=O)N(CCC(C)C)C3=O)no1. The highest BCUT2D eigenvalue weighted by Crippen LogP contribution is 2.25. The number of imide groups is 1. The third-order valence-electron chi connectivity index (χ3n) is 4.67. The number of hydrogen-bond acceptors (Lipinski definition) is 7. The normalized spacial score (nSPS) is 14.1. The number of aryl methyl sites for hydroxylation is 1. The number of carbonyl (C=O) groups excluding carboxylic acids is 4. The summed E-state index contributed by atoms with van der Waals surface area (Å²) in [7, 11) is 0. The molecule has 0 saturated carbocycles. The van der Waals surface area contributed by atoms with E-state index in [0.717, 1.165) is 0 Å². The third-order valence-corrected chi connectivity index (χ3v) is 4.67. The third kappa shape index (κ3) is 4.40. The first-order chi connectivity index (χ1) is 14.2. The molecule has 1 N–H and O–H groups in total. The smallest absolute Gasteiger partial charge is 0.338 e. The lowest BCUT2D eigenvalue weighted by atomic mass is 10.1. The van der Waals surface area contributed by atoms with Gasteiger partial charge in [0.05, 0.1) is 16.7 Å². The molecular weight excluding hydrogens is 390 g/mol. The van der Waals surface area contributed by atoms with Gasteiger partial charge in [-0.05, 0) is 44.4 Å². The molecule has 9 heteroatoms. The van der Waals surface area contributed by atoms with Crippen molar-refractivity contribution in [3.8, 4) is 0 Å². The van der Waals surface area contributed by atoms with E-state index in [1.54, 1.807) is 6.92 Å². The Balaban J connectivity index is 1.67. The van der Waals surface area contributed by atoms with Crippen LogP contribution in [0.2, 0.25) is 0 Å². The van der Waals surface area contributed by atoms with Crippen LogP contribution in [0.15, 0.2) is 28.8 Å². The number of benzene rings is 1. The maximum atomic E-state index is 12.6. The summed E-state index contributed by atoms with van der Waals surface area (Å²) in [5.41, 5.74) is 0.499. The molecule has 158 valence electrons. The fourth-order valence-electron chi connectivity index (χ4n) is 2.94. The first-order valence-electron chi connectivity index (χ1n) is 9.62. The largest absolute Gasteiger partial charge is 0.449 e. The van der Waals surface area contributed by atoms with Crippen LogP contribution in [-0.4, -0.2) is 46.4 Å². The number of nitrogens with zero attached hydrogens (tertiary/aromatic N) is 2. The zero-order valence-electron chi connectivity index (χ0n) is 17.2. The molecule has 1 aliphatic rings. The van der Waals surface area contributed by atoms with Crippen molar-refractivity contribution in [2.45, 2.75) is 40.2 Å². The molecule has 1 aliphatic heterocycles. The molecule has 0 unspecified atom stereocenters. The molecule has 0 spiro atoms. The Morgan fingerprint density at radius 3 is 2.47 bits per heavy atom. The van der Waals surface area contributed by atoms with Gasteiger partial charge in [0.1, 0.15) is 5.76 Å². The van der Waals surface area contributed by atoms with Crippen LogP contribution in [0.4, 0.5) is 5.82 Å². The Hall–Kier alpha value is -3.49. The molecule has 0 saturated heterocycles. The van der Waals surface area contributed by atoms with Gasteiger partial charge in [-0.25, -0.2) is 4.79 Å². The average molecular weight is 413 g/mol. The summed E-state index contributed by atoms with van der Waals surface area (Å²) in [4.78, 5) is 50.9. The van der Waals surface area contributed by atoms with E-state index < -0.39 is 23.9 Å². The highest BCUT2D eigenvalue weighted by molar-refractivity contribution is 6.22. The van der Waals surface area contributed by atoms with Gasteiger partial charge in [-0.2, -0.15) is 0 Å². The van der Waals surface area contributed by atoms with Crippen LogP contribution in [0.5, 0.6) is 0 Å². The Bertz CT molecular complexity index is 1010. The lowest BCUT2D eigenvalue weighted by Gasteiger charge is -2.14. The number of esters is 1. The van der Waals surface area contributed by atoms with Crippen molar-refractivity contribution in [3.63, 3.8) is 0 Å². The summed E-state index contributed by atoms with van der Waals surface area (Å²) < 4.78 is 10.0. The molecule has 1 atom stereocenters. The summed E-state index contributed by atoms with van der Waals surface area (Å²) in [6.07, 6.45) is -0.416. The number of rotatable bonds is 7. The molecular formula is C21H23N3O6. The summed E-state index contributed by atoms with van der Waals surface area (Å²) in [5, 5.41) is 6.12. The van der Waals surface area contributed by atoms with Crippen LogP contribution in [-0.2, 0) is 9.53 Å². The van der Waals surface area contributed by atoms with Crippen LogP contribution >= 0.6 is 0 Å². The minimum atomic E-state index is -1.11. The molecule has 3 rings (SSSR count). The maximum absolute atomic E-state index is 12.6. The first kappa shape index (κ1) is 21.2. The van der Waals surface area contributed by atoms with E-state index in [1.807, 2.05) is 13.8 Å². The quantitative estimate of drug-likeness (QED) is 0.547. The van der Waals surface area contributed by atoms with Crippen LogP contribution in [0.25, 0.3) is 0 Å². The van der Waals surface area contributed by atoms with Gasteiger partial charge in [0, 0.05) is 12.6 Å². The van der Waals surface area contributed by atoms with Crippen LogP contribution < -0.4 is 5.32 Å². The molecule has 0 bridgehead atoms. The van der Waals surface area contributed by atoms with Crippen LogP contribution in [0.1, 0.15) is 64.0 Å². The molecule has 2 heterocycles. The monoisotopic (exact) mass is 413 g/mol. The molecule has 0 aliphatic carbocycles. The molecule has 9 nitrogen and oxygen atoms in total. The zero-order valence-corrected chi connectivity index (χ0v) is 17.2. The van der Waals surface area contributed by atoms with E-state index in [-0.39, 0.29) is 28.4 Å². The molecule has 1 aromatic heterocycles. The molecule has 3 amide bonds. The van der Waals surface area contributed by atoms with Gasteiger partial charge in [-0.15, -0.1) is 0 Å². The number of ether oxygens (including phenoxy) is 1. The second kappa shape index (κ2) is 8.48. The summed E-state index contributed by atoms with van der Waals surface area (Å²) in [6.45, 7) is 7.43. The Kier molecular flexibility index (Phi) is 6.00. The predicted molar refractivity (Wildman–Crippen MR) is 106 cm³/mol. The van der Waals surface area contributed by atoms with Crippen molar-refractivity contribution in [2.75, 3.05) is 11.9 Å². The number of nitrogens with one attached hydrogen (secondary N) is 1. The van der Waals surface area contributed by atoms with E-state index in [4.69, 9.17) is 9.26 Å². The Morgan fingerprint density at radius 2 is 1.83 bits per heavy atom. The lowest BCUT2D eigenvalue weighted by molar-refractivity contribution is -0.123. The van der Waals surface area contributed by atoms with Crippen molar-refractivity contribution >= 4 is 29.5 Å². The molecule has 0 radical (unpaired) electrons. The number of amides is 3. The Labute approximate surface area is 173 Å². The fourth-order valence-corrected chi connectivity index (χ4v) is 2.94. The van der Waals surface area contributed by atoms with Crippen molar-refractivity contribution in [1.82, 2.24) is 10.1 Å². The van der Waals surface area contributed by atoms with Crippen LogP contribution in [0.3, 0.4) is 0 Å². The number of anilines is 1. The topological polar surface area (TPSA) is 119 Å². The zero-order chi connectivity index (χ0) is 22.0. The lowest BCUT2D eigenvalue weighted by Crippen LogP contribution is -2.31. The molecule has 0 fully saturated rings. The number of aromatic nitrogens is 1. The van der Waals surface area contributed by atoms with E-state index in [2.05, 4.69) is 10.5 Å². The summed E-state index contributed by atoms with van der Waals surface area (Å²) in [5.74, 6) is -1.09. The molecule has 1 aromatic carbocycles. The van der Waals surface area contributed by atoms with Gasteiger partial charge >= 0.3 is 5.97 Å². The van der Waals surface area contributed by atoms with Crippen molar-refractivity contribution < 1.29 is 28.4 Å². The maximum Gasteiger partial charge on any atom is 0.338 e. The van der Waals surface area contributed by atoms with E-state index in [9.17, 15) is 19.2 Å². The standard InChI is InChI=1S/C21H23N3O6/c1-11(2)7-8-24-19(26)15-6-5-14(10-16(15)20(24)27)21(28)29-13(4)18(25)22-17-9-12(3)30-23-17/h5-6,9-11,13H,7-8H2,1-4H3,(H,22,23,25)/t13-/m1/s1. The van der Waals surface area contributed by atoms with Crippen molar-refractivity contribution in [2.24, 2.45) is 5.92 Å². The highest BCUT2D eigenvalue weighted by atomic mass is 16.5. The molecule has 2 aromatic rings. The second-order valence-electron chi connectivity index (χ2n) is 7.56. The van der Waals surface area contributed by atoms with Gasteiger partial charge in [-0.3, -0.25) is 19.3 Å². The van der Waals surface area contributed by atoms with Crippen molar-refractivity contribution in [3.05, 3.63) is 46.7 Å². The minimum absolute atomic E-state index is 0.0811. The Morgan fingerprint density at radius 1 is 1.13 bits per heavy atom. The summed E-state index contributed by atoms with van der Waals surface area (Å²) in [6, 6.07) is 5.70.